The normalized spacial score (nSPS) is 10.8. The smallest absolute Gasteiger partial charge is 0.259 e. The molecule has 0 atom stereocenters. The third-order valence-corrected chi connectivity index (χ3v) is 5.04. The highest BCUT2D eigenvalue weighted by molar-refractivity contribution is 5.87. The summed E-state index contributed by atoms with van der Waals surface area (Å²) in [5.41, 5.74) is 3.06. The van der Waals surface area contributed by atoms with Crippen molar-refractivity contribution in [2.45, 2.75) is 71.1 Å². The Morgan fingerprint density at radius 1 is 0.844 bits per heavy atom. The van der Waals surface area contributed by atoms with Crippen LogP contribution in [-0.2, 0) is 9.59 Å². The third kappa shape index (κ3) is 11.0. The van der Waals surface area contributed by atoms with Crippen LogP contribution in [0.4, 0.5) is 0 Å². The molecule has 0 aliphatic carbocycles. The summed E-state index contributed by atoms with van der Waals surface area (Å²) in [4.78, 5) is 23.8. The van der Waals surface area contributed by atoms with E-state index >= 15 is 0 Å². The number of rotatable bonds is 17. The van der Waals surface area contributed by atoms with Crippen LogP contribution in [-0.4, -0.2) is 45.9 Å². The summed E-state index contributed by atoms with van der Waals surface area (Å²) in [6, 6.07) is 3.42. The molecule has 0 saturated heterocycles. The van der Waals surface area contributed by atoms with Crippen molar-refractivity contribution in [3.05, 3.63) is 17.7 Å². The molecular weight excluding hydrogens is 410 g/mol. The van der Waals surface area contributed by atoms with Gasteiger partial charge in [-0.25, -0.2) is 5.43 Å². The van der Waals surface area contributed by atoms with Gasteiger partial charge in [-0.1, -0.05) is 58.3 Å². The van der Waals surface area contributed by atoms with Gasteiger partial charge < -0.3 is 19.5 Å². The lowest BCUT2D eigenvalue weighted by atomic mass is 10.1. The number of hydrogen-bond donors (Lipinski definition) is 2. The van der Waals surface area contributed by atoms with E-state index in [-0.39, 0.29) is 12.5 Å². The number of unbranched alkanes of at least 4 members (excludes halogenated alkanes) is 8. The molecule has 32 heavy (non-hydrogen) atoms. The van der Waals surface area contributed by atoms with Gasteiger partial charge in [0.25, 0.3) is 5.91 Å². The largest absolute Gasteiger partial charge is 0.493 e. The molecule has 8 heteroatoms. The lowest BCUT2D eigenvalue weighted by molar-refractivity contribution is -0.126. The summed E-state index contributed by atoms with van der Waals surface area (Å²) >= 11 is 0. The van der Waals surface area contributed by atoms with E-state index in [0.29, 0.717) is 29.2 Å². The van der Waals surface area contributed by atoms with Crippen molar-refractivity contribution in [3.63, 3.8) is 0 Å². The second kappa shape index (κ2) is 16.9. The van der Waals surface area contributed by atoms with Crippen LogP contribution in [0.1, 0.15) is 76.7 Å². The fraction of sp³-hybridized carbons (Fsp3) is 0.625. The Morgan fingerprint density at radius 2 is 1.41 bits per heavy atom. The molecule has 0 aliphatic heterocycles. The van der Waals surface area contributed by atoms with Gasteiger partial charge in [0.15, 0.2) is 11.5 Å². The fourth-order valence-electron chi connectivity index (χ4n) is 3.26. The summed E-state index contributed by atoms with van der Waals surface area (Å²) in [6.45, 7) is 2.11. The summed E-state index contributed by atoms with van der Waals surface area (Å²) in [5.74, 6) is 0.948. The second-order valence-corrected chi connectivity index (χ2v) is 7.61. The maximum atomic E-state index is 11.9. The molecule has 0 fully saturated rings. The van der Waals surface area contributed by atoms with Crippen molar-refractivity contribution < 1.29 is 23.8 Å². The Morgan fingerprint density at radius 3 is 1.94 bits per heavy atom. The minimum Gasteiger partial charge on any atom is -0.493 e. The Bertz CT molecular complexity index is 697. The molecule has 2 N–H and O–H groups in total. The standard InChI is InChI=1S/C24H39N3O5/c1-5-6-7-8-9-10-11-12-13-14-22(28)25-18-23(29)27-26-17-19-15-20(30-2)24(32-4)21(16-19)31-3/h15-17H,5-14,18H2,1-4H3,(H,25,28)(H,27,29)/b26-17-. The lowest BCUT2D eigenvalue weighted by Crippen LogP contribution is -2.34. The molecule has 2 amide bonds. The quantitative estimate of drug-likeness (QED) is 0.211. The Balaban J connectivity index is 2.25. The maximum absolute atomic E-state index is 11.9. The summed E-state index contributed by atoms with van der Waals surface area (Å²) < 4.78 is 15.8. The highest BCUT2D eigenvalue weighted by Crippen LogP contribution is 2.37. The highest BCUT2D eigenvalue weighted by Gasteiger charge is 2.12. The third-order valence-electron chi connectivity index (χ3n) is 5.04. The van der Waals surface area contributed by atoms with E-state index in [9.17, 15) is 9.59 Å². The second-order valence-electron chi connectivity index (χ2n) is 7.61. The lowest BCUT2D eigenvalue weighted by Gasteiger charge is -2.12. The molecule has 1 aromatic carbocycles. The molecule has 1 rings (SSSR count). The van der Waals surface area contributed by atoms with E-state index in [4.69, 9.17) is 14.2 Å². The molecule has 1 aromatic rings. The predicted molar refractivity (Wildman–Crippen MR) is 127 cm³/mol. The van der Waals surface area contributed by atoms with Crippen LogP contribution in [0, 0.1) is 0 Å². The van der Waals surface area contributed by atoms with Gasteiger partial charge in [0, 0.05) is 12.0 Å². The van der Waals surface area contributed by atoms with Gasteiger partial charge in [-0.3, -0.25) is 9.59 Å². The van der Waals surface area contributed by atoms with Gasteiger partial charge in [-0.2, -0.15) is 5.10 Å². The zero-order chi connectivity index (χ0) is 23.6. The zero-order valence-electron chi connectivity index (χ0n) is 20.0. The molecule has 180 valence electrons. The number of hydrazone groups is 1. The van der Waals surface area contributed by atoms with Gasteiger partial charge in [0.1, 0.15) is 0 Å². The number of carbonyl (C=O) groups is 2. The average molecular weight is 450 g/mol. The Kier molecular flexibility index (Phi) is 14.4. The van der Waals surface area contributed by atoms with Crippen molar-refractivity contribution in [2.24, 2.45) is 5.10 Å². The Labute approximate surface area is 192 Å². The van der Waals surface area contributed by atoms with Crippen LogP contribution < -0.4 is 25.0 Å². The van der Waals surface area contributed by atoms with Gasteiger partial charge >= 0.3 is 0 Å². The predicted octanol–water partition coefficient (Wildman–Crippen LogP) is 4.20. The monoisotopic (exact) mass is 449 g/mol. The number of ether oxygens (including phenoxy) is 3. The molecule has 8 nitrogen and oxygen atoms in total. The van der Waals surface area contributed by atoms with Crippen molar-refractivity contribution in [1.82, 2.24) is 10.7 Å². The topological polar surface area (TPSA) is 98.3 Å². The van der Waals surface area contributed by atoms with Crippen LogP contribution in [0.5, 0.6) is 17.2 Å². The highest BCUT2D eigenvalue weighted by atomic mass is 16.5. The number of nitrogens with one attached hydrogen (secondary N) is 2. The van der Waals surface area contributed by atoms with E-state index in [1.165, 1.54) is 66.1 Å². The molecular formula is C24H39N3O5. The van der Waals surface area contributed by atoms with Gasteiger partial charge in [0.2, 0.25) is 11.7 Å². The first-order chi connectivity index (χ1) is 15.5. The molecule has 0 aromatic heterocycles. The van der Waals surface area contributed by atoms with E-state index in [1.54, 1.807) is 12.1 Å². The molecule has 0 heterocycles. The van der Waals surface area contributed by atoms with E-state index < -0.39 is 5.91 Å². The number of benzene rings is 1. The first-order valence-corrected chi connectivity index (χ1v) is 11.4. The van der Waals surface area contributed by atoms with Crippen molar-refractivity contribution in [1.29, 1.82) is 0 Å². The molecule has 0 unspecified atom stereocenters. The van der Waals surface area contributed by atoms with Crippen LogP contribution in [0.25, 0.3) is 0 Å². The maximum Gasteiger partial charge on any atom is 0.259 e. The number of nitrogens with zero attached hydrogens (tertiary/aromatic N) is 1. The average Bonchev–Trinajstić information content (AvgIpc) is 2.80. The van der Waals surface area contributed by atoms with Gasteiger partial charge in [-0.15, -0.1) is 0 Å². The minimum atomic E-state index is -0.394. The van der Waals surface area contributed by atoms with Gasteiger partial charge in [0.05, 0.1) is 34.1 Å². The molecule has 0 radical (unpaired) electrons. The van der Waals surface area contributed by atoms with E-state index in [0.717, 1.165) is 19.3 Å². The Hall–Kier alpha value is -2.77. The molecule has 0 spiro atoms. The number of methoxy groups -OCH3 is 3. The molecule has 0 aliphatic rings. The number of carbonyl (C=O) groups excluding carboxylic acids is 2. The van der Waals surface area contributed by atoms with Crippen molar-refractivity contribution in [3.8, 4) is 17.2 Å². The summed E-state index contributed by atoms with van der Waals surface area (Å²) in [6.07, 6.45) is 12.7. The van der Waals surface area contributed by atoms with Gasteiger partial charge in [-0.05, 0) is 18.6 Å². The minimum absolute atomic E-state index is 0.108. The summed E-state index contributed by atoms with van der Waals surface area (Å²) in [7, 11) is 4.58. The number of hydrogen-bond acceptors (Lipinski definition) is 6. The van der Waals surface area contributed by atoms with Crippen LogP contribution in [0.3, 0.4) is 0 Å². The van der Waals surface area contributed by atoms with E-state index in [1.807, 2.05) is 0 Å². The van der Waals surface area contributed by atoms with Crippen molar-refractivity contribution >= 4 is 18.0 Å². The molecule has 0 saturated carbocycles. The SMILES string of the molecule is CCCCCCCCCCCC(=O)NCC(=O)N/N=C\c1cc(OC)c(OC)c(OC)c1. The fourth-order valence-corrected chi connectivity index (χ4v) is 3.26. The molecule has 0 bridgehead atoms. The summed E-state index contributed by atoms with van der Waals surface area (Å²) in [5, 5.41) is 6.55. The first-order valence-electron chi connectivity index (χ1n) is 11.4. The zero-order valence-corrected chi connectivity index (χ0v) is 20.0. The van der Waals surface area contributed by atoms with Crippen LogP contribution >= 0.6 is 0 Å². The van der Waals surface area contributed by atoms with Crippen LogP contribution in [0.15, 0.2) is 17.2 Å². The van der Waals surface area contributed by atoms with E-state index in [2.05, 4.69) is 22.8 Å². The first kappa shape index (κ1) is 27.3. The van der Waals surface area contributed by atoms with Crippen LogP contribution in [0.2, 0.25) is 0 Å². The number of amides is 2. The van der Waals surface area contributed by atoms with Crippen molar-refractivity contribution in [2.75, 3.05) is 27.9 Å².